The number of hydrogen-bond acceptors (Lipinski definition) is 4. The van der Waals surface area contributed by atoms with Crippen molar-refractivity contribution in [1.82, 2.24) is 0 Å². The summed E-state index contributed by atoms with van der Waals surface area (Å²) in [5, 5.41) is 5.21. The van der Waals surface area contributed by atoms with Gasteiger partial charge in [-0.15, -0.1) is 0 Å². The summed E-state index contributed by atoms with van der Waals surface area (Å²) in [6.07, 6.45) is 6.53. The molecule has 2 heterocycles. The first-order valence-electron chi connectivity index (χ1n) is 8.18. The summed E-state index contributed by atoms with van der Waals surface area (Å²) in [6, 6.07) is 8.83. The zero-order chi connectivity index (χ0) is 14.5. The highest BCUT2D eigenvalue weighted by atomic mass is 32.2. The second kappa shape index (κ2) is 7.21. The number of rotatable bonds is 4. The van der Waals surface area contributed by atoms with Gasteiger partial charge in [0.1, 0.15) is 0 Å². The highest BCUT2D eigenvalue weighted by Gasteiger charge is 2.18. The molecule has 1 saturated heterocycles. The van der Waals surface area contributed by atoms with Crippen molar-refractivity contribution in [3.05, 3.63) is 24.3 Å². The lowest BCUT2D eigenvalue weighted by Crippen LogP contribution is -2.29. The first-order valence-corrected chi connectivity index (χ1v) is 9.06. The van der Waals surface area contributed by atoms with E-state index in [9.17, 15) is 0 Å². The predicted molar refractivity (Wildman–Crippen MR) is 94.7 cm³/mol. The van der Waals surface area contributed by atoms with Crippen molar-refractivity contribution in [1.29, 1.82) is 0 Å². The molecular formula is C17H25N3S. The summed E-state index contributed by atoms with van der Waals surface area (Å²) in [5.41, 5.74) is 2.50. The fraction of sp³-hybridized carbons (Fsp3) is 0.588. The van der Waals surface area contributed by atoms with Crippen LogP contribution in [0.3, 0.4) is 0 Å². The number of hydrogen-bond donors (Lipinski definition) is 1. The number of anilines is 2. The van der Waals surface area contributed by atoms with Crippen LogP contribution in [0.5, 0.6) is 0 Å². The maximum Gasteiger partial charge on any atom is 0.161 e. The molecule has 2 aliphatic heterocycles. The number of amidine groups is 1. The van der Waals surface area contributed by atoms with Gasteiger partial charge in [-0.25, -0.2) is 0 Å². The third kappa shape index (κ3) is 3.94. The average Bonchev–Trinajstić information content (AvgIpc) is 2.97. The SMILES string of the molecule is CCCC1CN=C(Nc2ccc(N3CCCCC3)cc2)S1. The zero-order valence-corrected chi connectivity index (χ0v) is 13.7. The Labute approximate surface area is 132 Å². The molecule has 0 spiro atoms. The Kier molecular flexibility index (Phi) is 5.07. The summed E-state index contributed by atoms with van der Waals surface area (Å²) < 4.78 is 0. The molecule has 1 aromatic rings. The minimum absolute atomic E-state index is 0.671. The van der Waals surface area contributed by atoms with E-state index in [1.165, 1.54) is 50.9 Å². The lowest BCUT2D eigenvalue weighted by atomic mass is 10.1. The molecule has 1 aromatic carbocycles. The van der Waals surface area contributed by atoms with E-state index in [1.807, 2.05) is 11.8 Å². The maximum atomic E-state index is 4.60. The van der Waals surface area contributed by atoms with Gasteiger partial charge in [-0.3, -0.25) is 4.99 Å². The Balaban J connectivity index is 1.55. The molecule has 0 amide bonds. The lowest BCUT2D eigenvalue weighted by Gasteiger charge is -2.28. The Hall–Kier alpha value is -1.16. The topological polar surface area (TPSA) is 27.6 Å². The van der Waals surface area contributed by atoms with Crippen LogP contribution in [0.4, 0.5) is 11.4 Å². The van der Waals surface area contributed by atoms with Crippen molar-refractivity contribution in [2.24, 2.45) is 4.99 Å². The Morgan fingerprint density at radius 2 is 1.95 bits per heavy atom. The smallest absolute Gasteiger partial charge is 0.161 e. The molecule has 21 heavy (non-hydrogen) atoms. The van der Waals surface area contributed by atoms with Crippen LogP contribution in [0.15, 0.2) is 29.3 Å². The predicted octanol–water partition coefficient (Wildman–Crippen LogP) is 4.36. The molecule has 3 rings (SSSR count). The van der Waals surface area contributed by atoms with Crippen LogP contribution < -0.4 is 10.2 Å². The molecule has 114 valence electrons. The minimum Gasteiger partial charge on any atom is -0.372 e. The monoisotopic (exact) mass is 303 g/mol. The summed E-state index contributed by atoms with van der Waals surface area (Å²) in [6.45, 7) is 5.61. The summed E-state index contributed by atoms with van der Waals surface area (Å²) >= 11 is 1.89. The largest absolute Gasteiger partial charge is 0.372 e. The Bertz CT molecular complexity index is 477. The van der Waals surface area contributed by atoms with E-state index in [-0.39, 0.29) is 0 Å². The fourth-order valence-electron chi connectivity index (χ4n) is 2.99. The van der Waals surface area contributed by atoms with Crippen molar-refractivity contribution >= 4 is 28.3 Å². The van der Waals surface area contributed by atoms with Crippen molar-refractivity contribution in [2.45, 2.75) is 44.3 Å². The van der Waals surface area contributed by atoms with Gasteiger partial charge in [-0.05, 0) is 49.9 Å². The average molecular weight is 303 g/mol. The normalized spacial score (nSPS) is 22.2. The van der Waals surface area contributed by atoms with E-state index in [1.54, 1.807) is 0 Å². The van der Waals surface area contributed by atoms with Crippen LogP contribution in [0.2, 0.25) is 0 Å². The number of benzene rings is 1. The number of nitrogens with zero attached hydrogens (tertiary/aromatic N) is 2. The van der Waals surface area contributed by atoms with Crippen LogP contribution in [-0.4, -0.2) is 30.1 Å². The van der Waals surface area contributed by atoms with Gasteiger partial charge in [0.15, 0.2) is 5.17 Å². The molecule has 4 heteroatoms. The fourth-order valence-corrected chi connectivity index (χ4v) is 4.13. The molecule has 2 aliphatic rings. The molecule has 0 aliphatic carbocycles. The minimum atomic E-state index is 0.671. The van der Waals surface area contributed by atoms with Gasteiger partial charge in [0.25, 0.3) is 0 Å². The van der Waals surface area contributed by atoms with E-state index >= 15 is 0 Å². The summed E-state index contributed by atoms with van der Waals surface area (Å²) in [4.78, 5) is 7.09. The van der Waals surface area contributed by atoms with Gasteiger partial charge in [0.2, 0.25) is 0 Å². The first-order chi connectivity index (χ1) is 10.3. The van der Waals surface area contributed by atoms with Gasteiger partial charge in [0, 0.05) is 29.7 Å². The molecule has 1 atom stereocenters. The van der Waals surface area contributed by atoms with E-state index in [0.717, 1.165) is 17.4 Å². The molecule has 0 radical (unpaired) electrons. The highest BCUT2D eigenvalue weighted by molar-refractivity contribution is 8.15. The number of piperidine rings is 1. The van der Waals surface area contributed by atoms with Crippen LogP contribution in [-0.2, 0) is 0 Å². The Morgan fingerprint density at radius 1 is 1.19 bits per heavy atom. The lowest BCUT2D eigenvalue weighted by molar-refractivity contribution is 0.578. The number of nitrogens with one attached hydrogen (secondary N) is 1. The molecule has 1 fully saturated rings. The van der Waals surface area contributed by atoms with Gasteiger partial charge in [0.05, 0.1) is 6.54 Å². The van der Waals surface area contributed by atoms with Crippen LogP contribution in [0.25, 0.3) is 0 Å². The molecular weight excluding hydrogens is 278 g/mol. The van der Waals surface area contributed by atoms with Gasteiger partial charge in [-0.2, -0.15) is 0 Å². The molecule has 0 aromatic heterocycles. The zero-order valence-electron chi connectivity index (χ0n) is 12.8. The highest BCUT2D eigenvalue weighted by Crippen LogP contribution is 2.27. The number of aliphatic imine (C=N–C) groups is 1. The van der Waals surface area contributed by atoms with Crippen LogP contribution in [0.1, 0.15) is 39.0 Å². The third-order valence-electron chi connectivity index (χ3n) is 4.17. The van der Waals surface area contributed by atoms with Crippen molar-refractivity contribution in [2.75, 3.05) is 29.9 Å². The second-order valence-corrected chi connectivity index (χ2v) is 7.18. The first kappa shape index (κ1) is 14.8. The summed E-state index contributed by atoms with van der Waals surface area (Å²) in [7, 11) is 0. The summed E-state index contributed by atoms with van der Waals surface area (Å²) in [5.74, 6) is 0. The van der Waals surface area contributed by atoms with Crippen molar-refractivity contribution < 1.29 is 0 Å². The number of thioether (sulfide) groups is 1. The van der Waals surface area contributed by atoms with E-state index in [0.29, 0.717) is 5.25 Å². The van der Waals surface area contributed by atoms with Crippen molar-refractivity contribution in [3.8, 4) is 0 Å². The van der Waals surface area contributed by atoms with E-state index in [4.69, 9.17) is 0 Å². The quantitative estimate of drug-likeness (QED) is 0.895. The standard InChI is InChI=1S/C17H25N3S/c1-2-6-16-13-18-17(21-16)19-14-7-9-15(10-8-14)20-11-4-3-5-12-20/h7-10,16H,2-6,11-13H2,1H3,(H,18,19). The molecule has 1 N–H and O–H groups in total. The van der Waals surface area contributed by atoms with Crippen LogP contribution >= 0.6 is 11.8 Å². The Morgan fingerprint density at radius 3 is 2.67 bits per heavy atom. The van der Waals surface area contributed by atoms with E-state index in [2.05, 4.69) is 46.4 Å². The van der Waals surface area contributed by atoms with E-state index < -0.39 is 0 Å². The van der Waals surface area contributed by atoms with Gasteiger partial charge < -0.3 is 10.2 Å². The van der Waals surface area contributed by atoms with Crippen LogP contribution in [0, 0.1) is 0 Å². The molecule has 3 nitrogen and oxygen atoms in total. The second-order valence-electron chi connectivity index (χ2n) is 5.89. The molecule has 1 unspecified atom stereocenters. The molecule has 0 bridgehead atoms. The van der Waals surface area contributed by atoms with Crippen molar-refractivity contribution in [3.63, 3.8) is 0 Å². The third-order valence-corrected chi connectivity index (χ3v) is 5.34. The molecule has 0 saturated carbocycles. The van der Waals surface area contributed by atoms with Gasteiger partial charge >= 0.3 is 0 Å². The maximum absolute atomic E-state index is 4.60. The van der Waals surface area contributed by atoms with Gasteiger partial charge in [-0.1, -0.05) is 25.1 Å².